The van der Waals surface area contributed by atoms with Crippen molar-refractivity contribution >= 4 is 15.9 Å². The molecule has 0 aliphatic heterocycles. The van der Waals surface area contributed by atoms with Crippen molar-refractivity contribution in [2.45, 2.75) is 11.9 Å². The van der Waals surface area contributed by atoms with Gasteiger partial charge in [-0.3, -0.25) is 0 Å². The predicted octanol–water partition coefficient (Wildman–Crippen LogP) is 4.31. The summed E-state index contributed by atoms with van der Waals surface area (Å²) in [7, 11) is 0. The highest BCUT2D eigenvalue weighted by atomic mass is 79.9. The van der Waals surface area contributed by atoms with Gasteiger partial charge in [-0.1, -0.05) is 22.0 Å². The normalized spacial score (nSPS) is 10.1. The summed E-state index contributed by atoms with van der Waals surface area (Å²) < 4.78 is 32.5. The van der Waals surface area contributed by atoms with Crippen LogP contribution in [0.3, 0.4) is 0 Å². The van der Waals surface area contributed by atoms with Gasteiger partial charge in [0, 0.05) is 10.9 Å². The quantitative estimate of drug-likeness (QED) is 0.779. The van der Waals surface area contributed by atoms with E-state index in [2.05, 4.69) is 15.9 Å². The van der Waals surface area contributed by atoms with Gasteiger partial charge in [0.15, 0.2) is 11.6 Å². The van der Waals surface area contributed by atoms with Crippen molar-refractivity contribution in [3.8, 4) is 11.8 Å². The van der Waals surface area contributed by atoms with E-state index in [0.717, 1.165) is 5.56 Å². The maximum Gasteiger partial charge on any atom is 0.165 e. The molecule has 0 saturated carbocycles. The smallest absolute Gasteiger partial charge is 0.165 e. The molecule has 0 radical (unpaired) electrons. The Morgan fingerprint density at radius 3 is 2.55 bits per heavy atom. The third-order valence-corrected chi connectivity index (χ3v) is 3.36. The summed E-state index contributed by atoms with van der Waals surface area (Å²) in [6, 6.07) is 10.5. The minimum absolute atomic E-state index is 0.0523. The molecular weight excluding hydrogens is 328 g/mol. The molecule has 0 N–H and O–H groups in total. The van der Waals surface area contributed by atoms with Gasteiger partial charge in [0.1, 0.15) is 12.4 Å². The molecule has 0 unspecified atom stereocenters. The standard InChI is InChI=1S/C15H10BrF2NO/c16-7-10-2-4-15(14(18)6-10)20-9-12-5-11(8-19)1-3-13(12)17/h1-6H,7,9H2. The van der Waals surface area contributed by atoms with Crippen molar-refractivity contribution in [2.24, 2.45) is 0 Å². The minimum Gasteiger partial charge on any atom is -0.486 e. The molecule has 0 heterocycles. The molecule has 0 spiro atoms. The Balaban J connectivity index is 2.15. The molecule has 2 aromatic rings. The fraction of sp³-hybridized carbons (Fsp3) is 0.133. The Morgan fingerprint density at radius 2 is 1.90 bits per heavy atom. The maximum absolute atomic E-state index is 13.7. The highest BCUT2D eigenvalue weighted by Gasteiger charge is 2.08. The topological polar surface area (TPSA) is 33.0 Å². The fourth-order valence-corrected chi connectivity index (χ4v) is 2.00. The number of ether oxygens (including phenoxy) is 1. The van der Waals surface area contributed by atoms with Crippen LogP contribution < -0.4 is 4.74 Å². The summed E-state index contributed by atoms with van der Waals surface area (Å²) in [6.45, 7) is -0.133. The first-order chi connectivity index (χ1) is 9.63. The second kappa shape index (κ2) is 6.49. The second-order valence-electron chi connectivity index (χ2n) is 4.11. The Hall–Kier alpha value is -1.93. The van der Waals surface area contributed by atoms with Crippen LogP contribution in [0.5, 0.6) is 5.75 Å². The van der Waals surface area contributed by atoms with Crippen LogP contribution in [0.2, 0.25) is 0 Å². The Bertz CT molecular complexity index is 667. The van der Waals surface area contributed by atoms with Gasteiger partial charge in [0.2, 0.25) is 0 Å². The first-order valence-corrected chi connectivity index (χ1v) is 6.92. The van der Waals surface area contributed by atoms with E-state index in [1.165, 1.54) is 30.3 Å². The van der Waals surface area contributed by atoms with Gasteiger partial charge in [-0.25, -0.2) is 8.78 Å². The Labute approximate surface area is 123 Å². The van der Waals surface area contributed by atoms with E-state index >= 15 is 0 Å². The molecule has 0 aliphatic carbocycles. The van der Waals surface area contributed by atoms with E-state index in [0.29, 0.717) is 10.9 Å². The van der Waals surface area contributed by atoms with Gasteiger partial charge in [0.25, 0.3) is 0 Å². The zero-order valence-corrected chi connectivity index (χ0v) is 12.0. The van der Waals surface area contributed by atoms with Crippen LogP contribution in [0.25, 0.3) is 0 Å². The highest BCUT2D eigenvalue weighted by molar-refractivity contribution is 9.08. The van der Waals surface area contributed by atoms with Gasteiger partial charge >= 0.3 is 0 Å². The molecule has 0 bridgehead atoms. The lowest BCUT2D eigenvalue weighted by Crippen LogP contribution is -2.01. The maximum atomic E-state index is 13.7. The van der Waals surface area contributed by atoms with Gasteiger partial charge in [-0.05, 0) is 35.9 Å². The van der Waals surface area contributed by atoms with E-state index < -0.39 is 11.6 Å². The first kappa shape index (κ1) is 14.5. The Kier molecular flexibility index (Phi) is 4.70. The number of alkyl halides is 1. The number of nitrogens with zero attached hydrogens (tertiary/aromatic N) is 1. The molecule has 2 aromatic carbocycles. The fourth-order valence-electron chi connectivity index (χ4n) is 1.65. The lowest BCUT2D eigenvalue weighted by atomic mass is 10.1. The number of halogens is 3. The largest absolute Gasteiger partial charge is 0.486 e. The molecule has 0 fully saturated rings. The summed E-state index contributed by atoms with van der Waals surface area (Å²) >= 11 is 3.23. The molecule has 5 heteroatoms. The average molecular weight is 338 g/mol. The summed E-state index contributed by atoms with van der Waals surface area (Å²) in [4.78, 5) is 0. The molecule has 0 saturated heterocycles. The van der Waals surface area contributed by atoms with E-state index in [9.17, 15) is 8.78 Å². The average Bonchev–Trinajstić information content (AvgIpc) is 2.47. The van der Waals surface area contributed by atoms with Crippen LogP contribution in [-0.4, -0.2) is 0 Å². The summed E-state index contributed by atoms with van der Waals surface area (Å²) in [5.74, 6) is -0.934. The Morgan fingerprint density at radius 1 is 1.10 bits per heavy atom. The molecule has 0 aliphatic rings. The molecule has 102 valence electrons. The first-order valence-electron chi connectivity index (χ1n) is 5.79. The molecule has 2 rings (SSSR count). The van der Waals surface area contributed by atoms with E-state index in [-0.39, 0.29) is 17.9 Å². The molecule has 2 nitrogen and oxygen atoms in total. The van der Waals surface area contributed by atoms with Gasteiger partial charge in [-0.2, -0.15) is 5.26 Å². The second-order valence-corrected chi connectivity index (χ2v) is 4.67. The lowest BCUT2D eigenvalue weighted by molar-refractivity contribution is 0.284. The highest BCUT2D eigenvalue weighted by Crippen LogP contribution is 2.21. The molecular formula is C15H10BrF2NO. The van der Waals surface area contributed by atoms with Crippen molar-refractivity contribution in [2.75, 3.05) is 0 Å². The van der Waals surface area contributed by atoms with Crippen molar-refractivity contribution in [3.05, 3.63) is 64.7 Å². The van der Waals surface area contributed by atoms with E-state index in [1.54, 1.807) is 6.07 Å². The van der Waals surface area contributed by atoms with E-state index in [4.69, 9.17) is 10.00 Å². The number of nitriles is 1. The number of hydrogen-bond acceptors (Lipinski definition) is 2. The molecule has 20 heavy (non-hydrogen) atoms. The van der Waals surface area contributed by atoms with Crippen LogP contribution in [0.15, 0.2) is 36.4 Å². The summed E-state index contributed by atoms with van der Waals surface area (Å²) in [6.07, 6.45) is 0. The number of benzene rings is 2. The number of hydrogen-bond donors (Lipinski definition) is 0. The zero-order valence-electron chi connectivity index (χ0n) is 10.4. The van der Waals surface area contributed by atoms with Crippen molar-refractivity contribution < 1.29 is 13.5 Å². The van der Waals surface area contributed by atoms with Gasteiger partial charge in [0.05, 0.1) is 11.6 Å². The lowest BCUT2D eigenvalue weighted by Gasteiger charge is -2.09. The van der Waals surface area contributed by atoms with Crippen LogP contribution in [0.1, 0.15) is 16.7 Å². The van der Waals surface area contributed by atoms with Gasteiger partial charge in [-0.15, -0.1) is 0 Å². The van der Waals surface area contributed by atoms with Crippen LogP contribution >= 0.6 is 15.9 Å². The minimum atomic E-state index is -0.501. The van der Waals surface area contributed by atoms with Crippen molar-refractivity contribution in [1.29, 1.82) is 5.26 Å². The number of rotatable bonds is 4. The zero-order chi connectivity index (χ0) is 14.5. The molecule has 0 atom stereocenters. The summed E-state index contributed by atoms with van der Waals surface area (Å²) in [5.41, 5.74) is 1.33. The van der Waals surface area contributed by atoms with E-state index in [1.807, 2.05) is 6.07 Å². The monoisotopic (exact) mass is 337 g/mol. The van der Waals surface area contributed by atoms with Crippen molar-refractivity contribution in [1.82, 2.24) is 0 Å². The third-order valence-electron chi connectivity index (χ3n) is 2.71. The predicted molar refractivity (Wildman–Crippen MR) is 74.5 cm³/mol. The summed E-state index contributed by atoms with van der Waals surface area (Å²) in [5, 5.41) is 9.31. The van der Waals surface area contributed by atoms with Crippen LogP contribution in [-0.2, 0) is 11.9 Å². The van der Waals surface area contributed by atoms with Crippen LogP contribution in [0.4, 0.5) is 8.78 Å². The van der Waals surface area contributed by atoms with Crippen LogP contribution in [0, 0.1) is 23.0 Å². The SMILES string of the molecule is N#Cc1ccc(F)c(COc2ccc(CBr)cc2F)c1. The van der Waals surface area contributed by atoms with Crippen molar-refractivity contribution in [3.63, 3.8) is 0 Å². The third kappa shape index (κ3) is 3.34. The molecule has 0 amide bonds. The van der Waals surface area contributed by atoms with Gasteiger partial charge < -0.3 is 4.74 Å². The molecule has 0 aromatic heterocycles.